The van der Waals surface area contributed by atoms with Crippen LogP contribution in [0, 0.1) is 0 Å². The van der Waals surface area contributed by atoms with Gasteiger partial charge in [-0.15, -0.1) is 0 Å². The molecule has 1 nitrogen and oxygen atoms in total. The Balaban J connectivity index is 1.87. The first-order chi connectivity index (χ1) is 10.1. The van der Waals surface area contributed by atoms with Gasteiger partial charge in [0, 0.05) is 17.8 Å². The molecule has 0 aromatic heterocycles. The Labute approximate surface area is 127 Å². The summed E-state index contributed by atoms with van der Waals surface area (Å²) in [5, 5.41) is 0. The van der Waals surface area contributed by atoms with Crippen molar-refractivity contribution in [3.8, 4) is 0 Å². The molecule has 2 aliphatic heterocycles. The third-order valence-corrected chi connectivity index (χ3v) is 4.81. The van der Waals surface area contributed by atoms with Crippen LogP contribution in [-0.4, -0.2) is 10.9 Å². The monoisotopic (exact) mass is 275 g/mol. The molecule has 0 saturated heterocycles. The summed E-state index contributed by atoms with van der Waals surface area (Å²) >= 11 is 0. The number of benzene rings is 1. The van der Waals surface area contributed by atoms with Crippen molar-refractivity contribution in [3.63, 3.8) is 0 Å². The average Bonchev–Trinajstić information content (AvgIpc) is 2.86. The minimum atomic E-state index is 0.406. The fraction of sp³-hybridized carbons (Fsp3) is 0.300. The number of hydrogen-bond donors (Lipinski definition) is 0. The zero-order valence-corrected chi connectivity index (χ0v) is 12.9. The van der Waals surface area contributed by atoms with Gasteiger partial charge in [-0.3, -0.25) is 0 Å². The SMILES string of the molecule is CC1=C2c3cc(C(C)C)ccc3CN2C2C=CC=CC2=C1. The van der Waals surface area contributed by atoms with Crippen LogP contribution in [0.25, 0.3) is 5.70 Å². The quantitative estimate of drug-likeness (QED) is 0.712. The normalized spacial score (nSPS) is 22.4. The maximum atomic E-state index is 2.55. The molecule has 2 heterocycles. The summed E-state index contributed by atoms with van der Waals surface area (Å²) in [6, 6.07) is 7.43. The van der Waals surface area contributed by atoms with Crippen LogP contribution in [0.1, 0.15) is 43.4 Å². The van der Waals surface area contributed by atoms with Crippen LogP contribution in [0.4, 0.5) is 0 Å². The first-order valence-electron chi connectivity index (χ1n) is 7.82. The number of hydrogen-bond acceptors (Lipinski definition) is 1. The van der Waals surface area contributed by atoms with Gasteiger partial charge in [-0.25, -0.2) is 0 Å². The van der Waals surface area contributed by atoms with E-state index in [1.165, 1.54) is 33.5 Å². The van der Waals surface area contributed by atoms with E-state index in [9.17, 15) is 0 Å². The molecule has 4 rings (SSSR count). The molecule has 21 heavy (non-hydrogen) atoms. The van der Waals surface area contributed by atoms with Crippen LogP contribution in [-0.2, 0) is 6.54 Å². The molecule has 1 aromatic rings. The van der Waals surface area contributed by atoms with Gasteiger partial charge >= 0.3 is 0 Å². The molecule has 0 radical (unpaired) electrons. The lowest BCUT2D eigenvalue weighted by molar-refractivity contribution is 0.377. The molecule has 1 atom stereocenters. The second-order valence-corrected chi connectivity index (χ2v) is 6.56. The molecule has 106 valence electrons. The zero-order valence-electron chi connectivity index (χ0n) is 12.9. The molecule has 0 bridgehead atoms. The van der Waals surface area contributed by atoms with E-state index in [0.717, 1.165) is 6.54 Å². The highest BCUT2D eigenvalue weighted by molar-refractivity contribution is 5.78. The highest BCUT2D eigenvalue weighted by atomic mass is 15.2. The van der Waals surface area contributed by atoms with E-state index in [1.54, 1.807) is 0 Å². The Bertz CT molecular complexity index is 728. The summed E-state index contributed by atoms with van der Waals surface area (Å²) in [7, 11) is 0. The lowest BCUT2D eigenvalue weighted by Gasteiger charge is -2.35. The van der Waals surface area contributed by atoms with Crippen molar-refractivity contribution in [1.82, 2.24) is 4.90 Å². The van der Waals surface area contributed by atoms with Crippen molar-refractivity contribution < 1.29 is 0 Å². The standard InChI is InChI=1S/C20H21N/c1-13(2)15-8-9-17-12-21-19-7-5-4-6-16(19)10-14(3)20(21)18(17)11-15/h4-11,13,19H,12H2,1-3H3. The maximum Gasteiger partial charge on any atom is 0.0733 e. The van der Waals surface area contributed by atoms with E-state index in [2.05, 4.69) is 74.3 Å². The van der Waals surface area contributed by atoms with Crippen LogP contribution in [0.2, 0.25) is 0 Å². The summed E-state index contributed by atoms with van der Waals surface area (Å²) in [5.74, 6) is 0.581. The van der Waals surface area contributed by atoms with Gasteiger partial charge in [-0.1, -0.05) is 56.4 Å². The Hall–Kier alpha value is -2.02. The Morgan fingerprint density at radius 1 is 1.19 bits per heavy atom. The topological polar surface area (TPSA) is 3.24 Å². The zero-order chi connectivity index (χ0) is 14.6. The highest BCUT2D eigenvalue weighted by Crippen LogP contribution is 2.43. The van der Waals surface area contributed by atoms with E-state index in [4.69, 9.17) is 0 Å². The van der Waals surface area contributed by atoms with Crippen molar-refractivity contribution in [2.45, 2.75) is 39.3 Å². The van der Waals surface area contributed by atoms with E-state index in [0.29, 0.717) is 12.0 Å². The summed E-state index contributed by atoms with van der Waals surface area (Å²) in [6.07, 6.45) is 11.2. The van der Waals surface area contributed by atoms with Crippen LogP contribution in [0.3, 0.4) is 0 Å². The number of allylic oxidation sites excluding steroid dienone is 4. The summed E-state index contributed by atoms with van der Waals surface area (Å²) < 4.78 is 0. The van der Waals surface area contributed by atoms with Crippen molar-refractivity contribution in [2.75, 3.05) is 0 Å². The molecule has 0 spiro atoms. The average molecular weight is 275 g/mol. The third kappa shape index (κ3) is 1.84. The van der Waals surface area contributed by atoms with Gasteiger partial charge in [0.05, 0.1) is 6.04 Å². The van der Waals surface area contributed by atoms with E-state index < -0.39 is 0 Å². The van der Waals surface area contributed by atoms with Crippen molar-refractivity contribution in [3.05, 3.63) is 76.4 Å². The lowest BCUT2D eigenvalue weighted by Crippen LogP contribution is -2.33. The van der Waals surface area contributed by atoms with Crippen LogP contribution >= 0.6 is 0 Å². The highest BCUT2D eigenvalue weighted by Gasteiger charge is 2.34. The van der Waals surface area contributed by atoms with Gasteiger partial charge in [0.2, 0.25) is 0 Å². The van der Waals surface area contributed by atoms with Gasteiger partial charge in [0.25, 0.3) is 0 Å². The maximum absolute atomic E-state index is 2.55. The molecule has 3 aliphatic rings. The Kier molecular flexibility index (Phi) is 2.72. The second kappa shape index (κ2) is 4.49. The van der Waals surface area contributed by atoms with E-state index >= 15 is 0 Å². The molecule has 1 aromatic carbocycles. The van der Waals surface area contributed by atoms with Crippen LogP contribution in [0.5, 0.6) is 0 Å². The molecule has 1 heteroatoms. The molecule has 1 aliphatic carbocycles. The van der Waals surface area contributed by atoms with Crippen molar-refractivity contribution >= 4 is 5.70 Å². The minimum absolute atomic E-state index is 0.406. The van der Waals surface area contributed by atoms with Gasteiger partial charge in [-0.05, 0) is 41.2 Å². The third-order valence-electron chi connectivity index (χ3n) is 4.81. The van der Waals surface area contributed by atoms with Gasteiger partial charge < -0.3 is 4.90 Å². The van der Waals surface area contributed by atoms with E-state index in [-0.39, 0.29) is 0 Å². The number of rotatable bonds is 1. The fourth-order valence-electron chi connectivity index (χ4n) is 3.69. The summed E-state index contributed by atoms with van der Waals surface area (Å²) in [5.41, 5.74) is 8.57. The van der Waals surface area contributed by atoms with Crippen LogP contribution < -0.4 is 0 Å². The van der Waals surface area contributed by atoms with Crippen molar-refractivity contribution in [1.29, 1.82) is 0 Å². The van der Waals surface area contributed by atoms with Gasteiger partial charge in [0.15, 0.2) is 0 Å². The number of fused-ring (bicyclic) bond motifs is 5. The van der Waals surface area contributed by atoms with Crippen molar-refractivity contribution in [2.24, 2.45) is 0 Å². The largest absolute Gasteiger partial charge is 0.356 e. The predicted molar refractivity (Wildman–Crippen MR) is 88.8 cm³/mol. The summed E-state index contributed by atoms with van der Waals surface area (Å²) in [6.45, 7) is 7.81. The van der Waals surface area contributed by atoms with Gasteiger partial charge in [-0.2, -0.15) is 0 Å². The lowest BCUT2D eigenvalue weighted by atomic mass is 9.91. The van der Waals surface area contributed by atoms with E-state index in [1.807, 2.05) is 0 Å². The fourth-order valence-corrected chi connectivity index (χ4v) is 3.69. The predicted octanol–water partition coefficient (Wildman–Crippen LogP) is 4.79. The molecule has 0 amide bonds. The molecule has 0 fully saturated rings. The molecular weight excluding hydrogens is 254 g/mol. The first-order valence-corrected chi connectivity index (χ1v) is 7.82. The van der Waals surface area contributed by atoms with Crippen LogP contribution in [0.15, 0.2) is 59.7 Å². The Morgan fingerprint density at radius 2 is 2.05 bits per heavy atom. The number of nitrogens with zero attached hydrogens (tertiary/aromatic N) is 1. The minimum Gasteiger partial charge on any atom is -0.356 e. The molecular formula is C20H21N. The first kappa shape index (κ1) is 12.7. The molecule has 0 N–H and O–H groups in total. The molecule has 1 unspecified atom stereocenters. The second-order valence-electron chi connectivity index (χ2n) is 6.56. The molecule has 0 saturated carbocycles. The van der Waals surface area contributed by atoms with Gasteiger partial charge in [0.1, 0.15) is 0 Å². The smallest absolute Gasteiger partial charge is 0.0733 e. The summed E-state index contributed by atoms with van der Waals surface area (Å²) in [4.78, 5) is 2.55. The Morgan fingerprint density at radius 3 is 2.86 bits per heavy atom.